The van der Waals surface area contributed by atoms with Gasteiger partial charge in [-0.05, 0) is 32.6 Å². The smallest absolute Gasteiger partial charge is 0.125 e. The fraction of sp³-hybridized carbons (Fsp3) is 0.786. The molecule has 4 heteroatoms. The van der Waals surface area contributed by atoms with E-state index in [9.17, 15) is 0 Å². The van der Waals surface area contributed by atoms with E-state index in [-0.39, 0.29) is 5.60 Å². The van der Waals surface area contributed by atoms with Crippen LogP contribution in [-0.2, 0) is 16.9 Å². The monoisotopic (exact) mass is 266 g/mol. The zero-order chi connectivity index (χ0) is 12.6. The van der Waals surface area contributed by atoms with E-state index in [1.54, 1.807) is 11.3 Å². The first-order valence-electron chi connectivity index (χ1n) is 7.13. The van der Waals surface area contributed by atoms with E-state index in [2.05, 4.69) is 6.92 Å². The van der Waals surface area contributed by atoms with Crippen LogP contribution in [0.5, 0.6) is 0 Å². The van der Waals surface area contributed by atoms with Crippen molar-refractivity contribution < 1.29 is 4.74 Å². The van der Waals surface area contributed by atoms with Crippen molar-refractivity contribution in [2.24, 2.45) is 5.73 Å². The molecule has 2 aliphatic rings. The van der Waals surface area contributed by atoms with Crippen LogP contribution in [0.15, 0.2) is 0 Å². The Balaban J connectivity index is 1.94. The van der Waals surface area contributed by atoms with Gasteiger partial charge in [0.2, 0.25) is 0 Å². The van der Waals surface area contributed by atoms with Crippen LogP contribution in [0, 0.1) is 0 Å². The van der Waals surface area contributed by atoms with Gasteiger partial charge in [-0.2, -0.15) is 0 Å². The van der Waals surface area contributed by atoms with Crippen molar-refractivity contribution in [3.8, 4) is 0 Å². The normalized spacial score (nSPS) is 22.6. The third-order valence-corrected chi connectivity index (χ3v) is 5.38. The average Bonchev–Trinajstić information content (AvgIpc) is 2.95. The molecule has 0 spiro atoms. The van der Waals surface area contributed by atoms with Gasteiger partial charge >= 0.3 is 0 Å². The van der Waals surface area contributed by atoms with E-state index >= 15 is 0 Å². The Kier molecular flexibility index (Phi) is 3.43. The highest BCUT2D eigenvalue weighted by molar-refractivity contribution is 7.11. The fourth-order valence-electron chi connectivity index (χ4n) is 3.02. The van der Waals surface area contributed by atoms with Gasteiger partial charge < -0.3 is 10.5 Å². The first kappa shape index (κ1) is 12.6. The molecule has 2 N–H and O–H groups in total. The lowest BCUT2D eigenvalue weighted by Gasteiger charge is -2.26. The van der Waals surface area contributed by atoms with E-state index in [1.807, 2.05) is 0 Å². The molecule has 2 fully saturated rings. The maximum Gasteiger partial charge on any atom is 0.125 e. The summed E-state index contributed by atoms with van der Waals surface area (Å²) in [6, 6.07) is 0. The molecule has 0 amide bonds. The number of hydrogen-bond donors (Lipinski definition) is 1. The Labute approximate surface area is 113 Å². The van der Waals surface area contributed by atoms with Gasteiger partial charge in [0.05, 0.1) is 5.69 Å². The lowest BCUT2D eigenvalue weighted by molar-refractivity contribution is -0.0392. The van der Waals surface area contributed by atoms with Gasteiger partial charge in [0.1, 0.15) is 10.6 Å². The number of nitrogens with two attached hydrogens (primary N) is 1. The molecule has 100 valence electrons. The third kappa shape index (κ3) is 2.10. The number of rotatable bonds is 5. The van der Waals surface area contributed by atoms with Crippen molar-refractivity contribution in [1.29, 1.82) is 0 Å². The Bertz CT molecular complexity index is 419. The number of hydrogen-bond acceptors (Lipinski definition) is 4. The molecule has 3 nitrogen and oxygen atoms in total. The number of aromatic nitrogens is 1. The predicted molar refractivity (Wildman–Crippen MR) is 73.8 cm³/mol. The van der Waals surface area contributed by atoms with Crippen molar-refractivity contribution in [3.05, 3.63) is 15.6 Å². The zero-order valence-electron chi connectivity index (χ0n) is 11.1. The molecule has 1 aromatic rings. The highest BCUT2D eigenvalue weighted by atomic mass is 32.1. The van der Waals surface area contributed by atoms with Gasteiger partial charge in [0.15, 0.2) is 0 Å². The first-order valence-corrected chi connectivity index (χ1v) is 7.95. The fourth-order valence-corrected chi connectivity index (χ4v) is 4.25. The molecule has 0 atom stereocenters. The molecule has 0 saturated heterocycles. The van der Waals surface area contributed by atoms with Crippen molar-refractivity contribution in [2.45, 2.75) is 63.5 Å². The van der Waals surface area contributed by atoms with E-state index in [1.165, 1.54) is 41.3 Å². The van der Waals surface area contributed by atoms with E-state index in [4.69, 9.17) is 15.5 Å². The molecule has 18 heavy (non-hydrogen) atoms. The number of thiazole rings is 1. The Hall–Kier alpha value is -0.450. The Morgan fingerprint density at radius 3 is 2.67 bits per heavy atom. The Morgan fingerprint density at radius 1 is 1.39 bits per heavy atom. The van der Waals surface area contributed by atoms with Crippen LogP contribution in [0.3, 0.4) is 0 Å². The van der Waals surface area contributed by atoms with Crippen LogP contribution >= 0.6 is 11.3 Å². The highest BCUT2D eigenvalue weighted by Gasteiger charge is 2.41. The summed E-state index contributed by atoms with van der Waals surface area (Å²) in [6.07, 6.45) is 7.35. The molecule has 1 heterocycles. The summed E-state index contributed by atoms with van der Waals surface area (Å²) in [5, 5.41) is 1.20. The van der Waals surface area contributed by atoms with Crippen LogP contribution in [0.2, 0.25) is 0 Å². The van der Waals surface area contributed by atoms with E-state index < -0.39 is 0 Å². The molecule has 2 aliphatic carbocycles. The topological polar surface area (TPSA) is 48.1 Å². The quantitative estimate of drug-likeness (QED) is 0.889. The zero-order valence-corrected chi connectivity index (χ0v) is 11.9. The predicted octanol–water partition coefficient (Wildman–Crippen LogP) is 3.29. The summed E-state index contributed by atoms with van der Waals surface area (Å²) in [4.78, 5) is 6.22. The minimum atomic E-state index is -0.0868. The first-order chi connectivity index (χ1) is 8.79. The molecule has 0 bridgehead atoms. The summed E-state index contributed by atoms with van der Waals surface area (Å²) < 4.78 is 6.10. The van der Waals surface area contributed by atoms with Gasteiger partial charge in [0.25, 0.3) is 0 Å². The molecule has 0 aliphatic heterocycles. The molecule has 3 rings (SSSR count). The van der Waals surface area contributed by atoms with E-state index in [0.717, 1.165) is 19.4 Å². The molecule has 0 unspecified atom stereocenters. The van der Waals surface area contributed by atoms with E-state index in [0.29, 0.717) is 12.5 Å². The summed E-state index contributed by atoms with van der Waals surface area (Å²) in [6.45, 7) is 3.49. The second-order valence-corrected chi connectivity index (χ2v) is 6.52. The Morgan fingerprint density at radius 2 is 2.11 bits per heavy atom. The summed E-state index contributed by atoms with van der Waals surface area (Å²) >= 11 is 1.80. The van der Waals surface area contributed by atoms with Gasteiger partial charge in [-0.25, -0.2) is 4.98 Å². The van der Waals surface area contributed by atoms with Crippen LogP contribution in [0.4, 0.5) is 0 Å². The molecular formula is C14H22N2OS. The maximum absolute atomic E-state index is 6.10. The van der Waals surface area contributed by atoms with Crippen molar-refractivity contribution >= 4 is 11.3 Å². The molecule has 1 aromatic heterocycles. The van der Waals surface area contributed by atoms with Crippen LogP contribution < -0.4 is 5.73 Å². The number of ether oxygens (including phenoxy) is 1. The van der Waals surface area contributed by atoms with Crippen LogP contribution in [-0.4, -0.2) is 11.6 Å². The lowest BCUT2D eigenvalue weighted by Crippen LogP contribution is -2.26. The molecule has 0 radical (unpaired) electrons. The average molecular weight is 266 g/mol. The van der Waals surface area contributed by atoms with Crippen molar-refractivity contribution in [1.82, 2.24) is 4.98 Å². The van der Waals surface area contributed by atoms with Gasteiger partial charge in [0, 0.05) is 23.9 Å². The standard InChI is InChI=1S/C14H22N2OS/c1-2-17-14(7-3-4-8-14)13-16-12(10-5-6-10)11(9-15)18-13/h10H,2-9,15H2,1H3. The lowest BCUT2D eigenvalue weighted by atomic mass is 10.0. The number of nitrogens with zero attached hydrogens (tertiary/aromatic N) is 1. The summed E-state index contributed by atoms with van der Waals surface area (Å²) in [5.74, 6) is 0.689. The second-order valence-electron chi connectivity index (χ2n) is 5.44. The van der Waals surface area contributed by atoms with Crippen LogP contribution in [0.1, 0.15) is 66.9 Å². The highest BCUT2D eigenvalue weighted by Crippen LogP contribution is 2.48. The second kappa shape index (κ2) is 4.91. The molecular weight excluding hydrogens is 244 g/mol. The van der Waals surface area contributed by atoms with Crippen molar-refractivity contribution in [3.63, 3.8) is 0 Å². The van der Waals surface area contributed by atoms with Gasteiger partial charge in [-0.1, -0.05) is 12.8 Å². The largest absolute Gasteiger partial charge is 0.368 e. The van der Waals surface area contributed by atoms with Crippen LogP contribution in [0.25, 0.3) is 0 Å². The van der Waals surface area contributed by atoms with Crippen molar-refractivity contribution in [2.75, 3.05) is 6.61 Å². The van der Waals surface area contributed by atoms with Gasteiger partial charge in [-0.15, -0.1) is 11.3 Å². The minimum Gasteiger partial charge on any atom is -0.368 e. The minimum absolute atomic E-state index is 0.0868. The summed E-state index contributed by atoms with van der Waals surface area (Å²) in [7, 11) is 0. The third-order valence-electron chi connectivity index (χ3n) is 4.10. The molecule has 2 saturated carbocycles. The summed E-state index contributed by atoms with van der Waals surface area (Å²) in [5.41, 5.74) is 7.07. The molecule has 0 aromatic carbocycles. The van der Waals surface area contributed by atoms with Gasteiger partial charge in [-0.3, -0.25) is 0 Å². The maximum atomic E-state index is 6.10. The SMILES string of the molecule is CCOC1(c2nc(C3CC3)c(CN)s2)CCCC1.